The second kappa shape index (κ2) is 7.28. The van der Waals surface area contributed by atoms with Crippen LogP contribution in [-0.2, 0) is 19.1 Å². The summed E-state index contributed by atoms with van der Waals surface area (Å²) in [6.45, 7) is 13.4. The minimum atomic E-state index is -0.545. The Morgan fingerprint density at radius 2 is 1.68 bits per heavy atom. The SMILES string of the molecule is CC(=O)OC1CC2[C@@]3(C)CCCC(C)(C)C3CC[C@@]2(C)C2CC=C(C=O)C(C=O)[C@@]12C. The lowest BCUT2D eigenvalue weighted by Gasteiger charge is -2.70. The average Bonchev–Trinajstić information content (AvgIpc) is 2.67. The average molecular weight is 429 g/mol. The summed E-state index contributed by atoms with van der Waals surface area (Å²) >= 11 is 0. The molecule has 0 amide bonds. The summed E-state index contributed by atoms with van der Waals surface area (Å²) in [5.74, 6) is 0.519. The molecule has 5 unspecified atom stereocenters. The molecule has 4 aliphatic rings. The van der Waals surface area contributed by atoms with Crippen molar-refractivity contribution in [2.75, 3.05) is 0 Å². The fourth-order valence-corrected chi connectivity index (χ4v) is 9.45. The summed E-state index contributed by atoms with van der Waals surface area (Å²) in [6.07, 6.45) is 11.1. The molecule has 0 aromatic rings. The molecule has 0 aliphatic heterocycles. The first kappa shape index (κ1) is 22.7. The van der Waals surface area contributed by atoms with Crippen molar-refractivity contribution in [3.8, 4) is 0 Å². The maximum Gasteiger partial charge on any atom is 0.302 e. The van der Waals surface area contributed by atoms with Crippen LogP contribution in [0.15, 0.2) is 11.6 Å². The number of rotatable bonds is 3. The molecule has 0 bridgehead atoms. The molecule has 31 heavy (non-hydrogen) atoms. The zero-order valence-electron chi connectivity index (χ0n) is 20.2. The molecule has 3 fully saturated rings. The summed E-state index contributed by atoms with van der Waals surface area (Å²) in [5, 5.41) is 0. The molecule has 0 radical (unpaired) electrons. The quantitative estimate of drug-likeness (QED) is 0.437. The molecule has 4 heteroatoms. The minimum Gasteiger partial charge on any atom is -0.462 e. The van der Waals surface area contributed by atoms with E-state index in [0.717, 1.165) is 31.8 Å². The lowest BCUT2D eigenvalue weighted by Crippen LogP contribution is -2.67. The van der Waals surface area contributed by atoms with Crippen molar-refractivity contribution in [2.24, 2.45) is 45.3 Å². The molecule has 4 aliphatic carbocycles. The summed E-state index contributed by atoms with van der Waals surface area (Å²) in [7, 11) is 0. The van der Waals surface area contributed by atoms with Crippen LogP contribution in [0.2, 0.25) is 0 Å². The first-order valence-electron chi connectivity index (χ1n) is 12.2. The molecule has 3 saturated carbocycles. The molecule has 4 nitrogen and oxygen atoms in total. The van der Waals surface area contributed by atoms with Gasteiger partial charge in [-0.25, -0.2) is 0 Å². The van der Waals surface area contributed by atoms with Gasteiger partial charge in [-0.15, -0.1) is 0 Å². The number of esters is 1. The van der Waals surface area contributed by atoms with Crippen LogP contribution in [0.25, 0.3) is 0 Å². The number of carbonyl (C=O) groups excluding carboxylic acids is 3. The number of ether oxygens (including phenoxy) is 1. The van der Waals surface area contributed by atoms with E-state index in [1.807, 2.05) is 6.08 Å². The third kappa shape index (κ3) is 3.03. The molecule has 0 saturated heterocycles. The molecular weight excluding hydrogens is 388 g/mol. The number of aldehydes is 2. The van der Waals surface area contributed by atoms with Crippen LogP contribution in [0.5, 0.6) is 0 Å². The zero-order chi connectivity index (χ0) is 22.8. The van der Waals surface area contributed by atoms with Gasteiger partial charge >= 0.3 is 5.97 Å². The Morgan fingerprint density at radius 3 is 2.29 bits per heavy atom. The number of hydrogen-bond donors (Lipinski definition) is 0. The summed E-state index contributed by atoms with van der Waals surface area (Å²) in [6, 6.07) is 0. The standard InChI is InChI=1S/C27H40O4/c1-17(30)31-23-14-22-25(4)12-7-11-24(2,3)20(25)10-13-26(22,5)21-9-8-18(15-28)19(16-29)27(21,23)6/h8,15-16,19-23H,7,9-14H2,1-6H3/t19?,20?,21?,22?,23?,25-,26-,27+/m0/s1. The second-order valence-electron chi connectivity index (χ2n) is 12.4. The molecular formula is C27H40O4. The van der Waals surface area contributed by atoms with Gasteiger partial charge in [0.2, 0.25) is 0 Å². The van der Waals surface area contributed by atoms with Gasteiger partial charge in [0.15, 0.2) is 0 Å². The number of hydrogen-bond acceptors (Lipinski definition) is 4. The topological polar surface area (TPSA) is 60.4 Å². The van der Waals surface area contributed by atoms with Crippen LogP contribution in [0.3, 0.4) is 0 Å². The van der Waals surface area contributed by atoms with Gasteiger partial charge in [-0.2, -0.15) is 0 Å². The summed E-state index contributed by atoms with van der Waals surface area (Å²) in [4.78, 5) is 36.3. The van der Waals surface area contributed by atoms with E-state index in [0.29, 0.717) is 22.8 Å². The Hall–Kier alpha value is -1.45. The first-order chi connectivity index (χ1) is 14.4. The van der Waals surface area contributed by atoms with Crippen molar-refractivity contribution in [3.63, 3.8) is 0 Å². The zero-order valence-corrected chi connectivity index (χ0v) is 20.2. The number of fused-ring (bicyclic) bond motifs is 5. The van der Waals surface area contributed by atoms with Crippen LogP contribution in [0.4, 0.5) is 0 Å². The van der Waals surface area contributed by atoms with Gasteiger partial charge in [-0.3, -0.25) is 9.59 Å². The van der Waals surface area contributed by atoms with Crippen molar-refractivity contribution >= 4 is 18.5 Å². The van der Waals surface area contributed by atoms with E-state index >= 15 is 0 Å². The summed E-state index contributed by atoms with van der Waals surface area (Å²) < 4.78 is 6.02. The van der Waals surface area contributed by atoms with Gasteiger partial charge in [-0.1, -0.05) is 47.1 Å². The van der Waals surface area contributed by atoms with Gasteiger partial charge < -0.3 is 9.53 Å². The third-order valence-corrected chi connectivity index (χ3v) is 10.7. The minimum absolute atomic E-state index is 0.0657. The van der Waals surface area contributed by atoms with E-state index in [1.54, 1.807) is 0 Å². The highest BCUT2D eigenvalue weighted by Crippen LogP contribution is 2.73. The fourth-order valence-electron chi connectivity index (χ4n) is 9.45. The smallest absolute Gasteiger partial charge is 0.302 e. The lowest BCUT2D eigenvalue weighted by molar-refractivity contribution is -0.238. The van der Waals surface area contributed by atoms with Crippen LogP contribution < -0.4 is 0 Å². The maximum absolute atomic E-state index is 12.3. The molecule has 0 N–H and O–H groups in total. The van der Waals surface area contributed by atoms with E-state index in [-0.39, 0.29) is 28.8 Å². The Bertz CT molecular complexity index is 812. The maximum atomic E-state index is 12.3. The van der Waals surface area contributed by atoms with Crippen LogP contribution >= 0.6 is 0 Å². The van der Waals surface area contributed by atoms with Gasteiger partial charge in [0.1, 0.15) is 18.7 Å². The summed E-state index contributed by atoms with van der Waals surface area (Å²) in [5.41, 5.74) is 0.619. The molecule has 8 atom stereocenters. The Labute approximate surface area is 187 Å². The van der Waals surface area contributed by atoms with Crippen molar-refractivity contribution < 1.29 is 19.1 Å². The predicted octanol–water partition coefficient (Wildman–Crippen LogP) is 5.54. The number of carbonyl (C=O) groups is 3. The van der Waals surface area contributed by atoms with Gasteiger partial charge in [-0.05, 0) is 78.1 Å². The van der Waals surface area contributed by atoms with Crippen molar-refractivity contribution in [1.29, 1.82) is 0 Å². The lowest BCUT2D eigenvalue weighted by atomic mass is 9.35. The van der Waals surface area contributed by atoms with Crippen LogP contribution in [-0.4, -0.2) is 24.6 Å². The van der Waals surface area contributed by atoms with Crippen molar-refractivity contribution in [1.82, 2.24) is 0 Å². The highest BCUT2D eigenvalue weighted by molar-refractivity contribution is 5.82. The largest absolute Gasteiger partial charge is 0.462 e. The Morgan fingerprint density at radius 1 is 1.00 bits per heavy atom. The van der Waals surface area contributed by atoms with Crippen LogP contribution in [0.1, 0.15) is 86.5 Å². The van der Waals surface area contributed by atoms with E-state index < -0.39 is 11.3 Å². The molecule has 0 heterocycles. The number of allylic oxidation sites excluding steroid dienone is 2. The predicted molar refractivity (Wildman–Crippen MR) is 120 cm³/mol. The monoisotopic (exact) mass is 428 g/mol. The molecule has 0 aromatic heterocycles. The van der Waals surface area contributed by atoms with Crippen LogP contribution in [0, 0.1) is 45.3 Å². The van der Waals surface area contributed by atoms with E-state index in [9.17, 15) is 14.4 Å². The van der Waals surface area contributed by atoms with Crippen molar-refractivity contribution in [3.05, 3.63) is 11.6 Å². The second-order valence-corrected chi connectivity index (χ2v) is 12.4. The van der Waals surface area contributed by atoms with Gasteiger partial charge in [0, 0.05) is 12.3 Å². The van der Waals surface area contributed by atoms with E-state index in [4.69, 9.17) is 4.74 Å². The first-order valence-corrected chi connectivity index (χ1v) is 12.2. The van der Waals surface area contributed by atoms with Gasteiger partial charge in [0.25, 0.3) is 0 Å². The molecule has 0 aromatic carbocycles. The highest BCUT2D eigenvalue weighted by atomic mass is 16.5. The van der Waals surface area contributed by atoms with Crippen molar-refractivity contribution in [2.45, 2.75) is 92.6 Å². The highest BCUT2D eigenvalue weighted by Gasteiger charge is 2.68. The molecule has 0 spiro atoms. The van der Waals surface area contributed by atoms with Gasteiger partial charge in [0.05, 0.1) is 5.92 Å². The Balaban J connectivity index is 1.85. The van der Waals surface area contributed by atoms with E-state index in [2.05, 4.69) is 34.6 Å². The fraction of sp³-hybridized carbons (Fsp3) is 0.815. The van der Waals surface area contributed by atoms with E-state index in [1.165, 1.54) is 32.6 Å². The molecule has 172 valence electrons. The molecule has 4 rings (SSSR count). The third-order valence-electron chi connectivity index (χ3n) is 10.7. The normalized spacial score (nSPS) is 48.3. The Kier molecular flexibility index (Phi) is 5.34.